The number of amides is 1. The summed E-state index contributed by atoms with van der Waals surface area (Å²) in [6, 6.07) is 4.69. The first-order chi connectivity index (χ1) is 9.66. The molecule has 3 rings (SSSR count). The van der Waals surface area contributed by atoms with E-state index in [1.165, 1.54) is 6.07 Å². The van der Waals surface area contributed by atoms with Crippen LogP contribution in [0.2, 0.25) is 0 Å². The number of hydrogen-bond donors (Lipinski definition) is 1. The first kappa shape index (κ1) is 13.1. The average Bonchev–Trinajstić information content (AvgIpc) is 2.81. The van der Waals surface area contributed by atoms with Crippen LogP contribution in [0.15, 0.2) is 18.2 Å². The smallest absolute Gasteiger partial charge is 0.269 e. The van der Waals surface area contributed by atoms with Crippen LogP contribution in [0.25, 0.3) is 10.9 Å². The Kier molecular flexibility index (Phi) is 3.40. The van der Waals surface area contributed by atoms with E-state index in [-0.39, 0.29) is 11.1 Å². The van der Waals surface area contributed by atoms with Gasteiger partial charge in [0.2, 0.25) is 0 Å². The minimum absolute atomic E-state index is 0.00478. The predicted molar refractivity (Wildman–Crippen MR) is 71.8 cm³/mol. The van der Waals surface area contributed by atoms with Gasteiger partial charge in [0.1, 0.15) is 5.82 Å². The number of benzene rings is 1. The number of fused-ring (bicyclic) bond motifs is 1. The number of aromatic nitrogens is 2. The molecule has 1 aliphatic heterocycles. The summed E-state index contributed by atoms with van der Waals surface area (Å²) < 4.78 is 20.9. The van der Waals surface area contributed by atoms with Crippen LogP contribution in [-0.4, -0.2) is 28.9 Å². The molecular formula is C14H16FN3O2. The fourth-order valence-electron chi connectivity index (χ4n) is 2.67. The predicted octanol–water partition coefficient (Wildman–Crippen LogP) is 1.70. The first-order valence-electron chi connectivity index (χ1n) is 6.69. The van der Waals surface area contributed by atoms with E-state index in [0.29, 0.717) is 18.0 Å². The standard InChI is InChI=1S/C14H16FN3O2/c15-10-2-1-3-11-12(10)13(14(16)19)17-18(11)8-9-4-6-20-7-5-9/h1-3,9H,4-8H2,(H2,16,19). The van der Waals surface area contributed by atoms with E-state index in [2.05, 4.69) is 5.10 Å². The molecule has 0 bridgehead atoms. The Morgan fingerprint density at radius 2 is 2.20 bits per heavy atom. The summed E-state index contributed by atoms with van der Waals surface area (Å²) in [5.41, 5.74) is 5.91. The van der Waals surface area contributed by atoms with Crippen molar-refractivity contribution in [2.45, 2.75) is 19.4 Å². The van der Waals surface area contributed by atoms with Crippen LogP contribution in [0.4, 0.5) is 4.39 Å². The maximum absolute atomic E-state index is 13.9. The van der Waals surface area contributed by atoms with Crippen LogP contribution in [0, 0.1) is 11.7 Å². The quantitative estimate of drug-likeness (QED) is 0.928. The highest BCUT2D eigenvalue weighted by Gasteiger charge is 2.21. The molecule has 2 N–H and O–H groups in total. The Morgan fingerprint density at radius 1 is 1.45 bits per heavy atom. The highest BCUT2D eigenvalue weighted by atomic mass is 19.1. The summed E-state index contributed by atoms with van der Waals surface area (Å²) in [5, 5.41) is 4.42. The van der Waals surface area contributed by atoms with E-state index in [0.717, 1.165) is 26.1 Å². The van der Waals surface area contributed by atoms with E-state index >= 15 is 0 Å². The molecule has 0 saturated carbocycles. The van der Waals surface area contributed by atoms with Crippen LogP contribution in [0.3, 0.4) is 0 Å². The summed E-state index contributed by atoms with van der Waals surface area (Å²) in [5.74, 6) is -0.740. The third-order valence-electron chi connectivity index (χ3n) is 3.73. The lowest BCUT2D eigenvalue weighted by molar-refractivity contribution is 0.0605. The van der Waals surface area contributed by atoms with Gasteiger partial charge in [0, 0.05) is 19.8 Å². The van der Waals surface area contributed by atoms with Crippen molar-refractivity contribution >= 4 is 16.8 Å². The van der Waals surface area contributed by atoms with Gasteiger partial charge in [-0.25, -0.2) is 4.39 Å². The number of halogens is 1. The fraction of sp³-hybridized carbons (Fsp3) is 0.429. The molecule has 2 aromatic rings. The minimum Gasteiger partial charge on any atom is -0.381 e. The van der Waals surface area contributed by atoms with E-state index in [1.54, 1.807) is 16.8 Å². The second-order valence-electron chi connectivity index (χ2n) is 5.08. The molecule has 0 spiro atoms. The van der Waals surface area contributed by atoms with Crippen molar-refractivity contribution in [2.75, 3.05) is 13.2 Å². The zero-order valence-electron chi connectivity index (χ0n) is 11.0. The number of ether oxygens (including phenoxy) is 1. The lowest BCUT2D eigenvalue weighted by Gasteiger charge is -2.22. The third kappa shape index (κ3) is 2.27. The van der Waals surface area contributed by atoms with Gasteiger partial charge < -0.3 is 10.5 Å². The molecule has 1 saturated heterocycles. The number of nitrogens with zero attached hydrogens (tertiary/aromatic N) is 2. The van der Waals surface area contributed by atoms with Crippen molar-refractivity contribution < 1.29 is 13.9 Å². The van der Waals surface area contributed by atoms with Crippen molar-refractivity contribution in [1.29, 1.82) is 0 Å². The van der Waals surface area contributed by atoms with Gasteiger partial charge in [0.15, 0.2) is 5.69 Å². The maximum atomic E-state index is 13.9. The van der Waals surface area contributed by atoms with Crippen molar-refractivity contribution in [1.82, 2.24) is 9.78 Å². The number of nitrogens with two attached hydrogens (primary N) is 1. The van der Waals surface area contributed by atoms with Gasteiger partial charge in [-0.15, -0.1) is 0 Å². The van der Waals surface area contributed by atoms with Crippen molar-refractivity contribution in [2.24, 2.45) is 11.7 Å². The highest BCUT2D eigenvalue weighted by molar-refractivity contribution is 6.04. The normalized spacial score (nSPS) is 16.6. The summed E-state index contributed by atoms with van der Waals surface area (Å²) in [7, 11) is 0. The van der Waals surface area contributed by atoms with Crippen LogP contribution in [0.1, 0.15) is 23.3 Å². The molecule has 0 aliphatic carbocycles. The van der Waals surface area contributed by atoms with Crippen LogP contribution < -0.4 is 5.73 Å². The largest absolute Gasteiger partial charge is 0.381 e. The first-order valence-corrected chi connectivity index (χ1v) is 6.69. The van der Waals surface area contributed by atoms with Gasteiger partial charge in [0.05, 0.1) is 10.9 Å². The van der Waals surface area contributed by atoms with E-state index in [4.69, 9.17) is 10.5 Å². The van der Waals surface area contributed by atoms with Crippen molar-refractivity contribution in [3.8, 4) is 0 Å². The lowest BCUT2D eigenvalue weighted by atomic mass is 10.0. The Bertz CT molecular complexity index is 647. The monoisotopic (exact) mass is 277 g/mol. The molecule has 6 heteroatoms. The van der Waals surface area contributed by atoms with Gasteiger partial charge in [-0.05, 0) is 30.9 Å². The molecular weight excluding hydrogens is 261 g/mol. The van der Waals surface area contributed by atoms with Gasteiger partial charge in [-0.3, -0.25) is 9.48 Å². The molecule has 1 aromatic carbocycles. The van der Waals surface area contributed by atoms with Gasteiger partial charge in [-0.1, -0.05) is 6.07 Å². The number of carbonyl (C=O) groups excluding carboxylic acids is 1. The molecule has 0 unspecified atom stereocenters. The highest BCUT2D eigenvalue weighted by Crippen LogP contribution is 2.24. The SMILES string of the molecule is NC(=O)c1nn(CC2CCOCC2)c2cccc(F)c12. The topological polar surface area (TPSA) is 70.1 Å². The number of hydrogen-bond acceptors (Lipinski definition) is 3. The van der Waals surface area contributed by atoms with Gasteiger partial charge in [0.25, 0.3) is 5.91 Å². The van der Waals surface area contributed by atoms with Crippen molar-refractivity contribution in [3.63, 3.8) is 0 Å². The van der Waals surface area contributed by atoms with E-state index in [9.17, 15) is 9.18 Å². The Labute approximate surface area is 115 Å². The summed E-state index contributed by atoms with van der Waals surface area (Å²) in [6.45, 7) is 2.12. The Balaban J connectivity index is 2.02. The minimum atomic E-state index is -0.703. The van der Waals surface area contributed by atoms with Crippen molar-refractivity contribution in [3.05, 3.63) is 29.7 Å². The molecule has 0 radical (unpaired) electrons. The molecule has 5 nitrogen and oxygen atoms in total. The van der Waals surface area contributed by atoms with Crippen LogP contribution in [0.5, 0.6) is 0 Å². The maximum Gasteiger partial charge on any atom is 0.269 e. The molecule has 0 atom stereocenters. The molecule has 2 heterocycles. The summed E-state index contributed by atoms with van der Waals surface area (Å²) >= 11 is 0. The number of carbonyl (C=O) groups is 1. The van der Waals surface area contributed by atoms with E-state index < -0.39 is 11.7 Å². The fourth-order valence-corrected chi connectivity index (χ4v) is 2.67. The van der Waals surface area contributed by atoms with Crippen LogP contribution >= 0.6 is 0 Å². The third-order valence-corrected chi connectivity index (χ3v) is 3.73. The second kappa shape index (κ2) is 5.20. The van der Waals surface area contributed by atoms with E-state index in [1.807, 2.05) is 0 Å². The molecule has 1 amide bonds. The number of primary amides is 1. The molecule has 1 aromatic heterocycles. The second-order valence-corrected chi connectivity index (χ2v) is 5.08. The Morgan fingerprint density at radius 3 is 2.90 bits per heavy atom. The molecule has 20 heavy (non-hydrogen) atoms. The van der Waals surface area contributed by atoms with Gasteiger partial charge >= 0.3 is 0 Å². The van der Waals surface area contributed by atoms with Crippen LogP contribution in [-0.2, 0) is 11.3 Å². The average molecular weight is 277 g/mol. The zero-order chi connectivity index (χ0) is 14.1. The molecule has 106 valence electrons. The molecule has 1 aliphatic rings. The lowest BCUT2D eigenvalue weighted by Crippen LogP contribution is -2.21. The molecule has 1 fully saturated rings. The summed E-state index contributed by atoms with van der Waals surface area (Å²) in [4.78, 5) is 11.4. The summed E-state index contributed by atoms with van der Waals surface area (Å²) in [6.07, 6.45) is 1.89. The Hall–Kier alpha value is -1.95. The number of rotatable bonds is 3. The van der Waals surface area contributed by atoms with Gasteiger partial charge in [-0.2, -0.15) is 5.10 Å². The zero-order valence-corrected chi connectivity index (χ0v) is 11.0.